The number of aliphatic hydroxyl groups is 2. The highest BCUT2D eigenvalue weighted by Gasteiger charge is 2.09. The van der Waals surface area contributed by atoms with Gasteiger partial charge in [-0.15, -0.1) is 0 Å². The highest BCUT2D eigenvalue weighted by atomic mass is 16.5. The lowest BCUT2D eigenvalue weighted by molar-refractivity contribution is 0.186. The Hall–Kier alpha value is -3.10. The molecule has 0 aliphatic rings. The van der Waals surface area contributed by atoms with Gasteiger partial charge in [0.2, 0.25) is 0 Å². The van der Waals surface area contributed by atoms with Crippen LogP contribution in [0.3, 0.4) is 0 Å². The van der Waals surface area contributed by atoms with Crippen molar-refractivity contribution in [3.63, 3.8) is 0 Å². The van der Waals surface area contributed by atoms with Crippen LogP contribution in [0.25, 0.3) is 0 Å². The molecule has 3 rings (SSSR count). The van der Waals surface area contributed by atoms with E-state index >= 15 is 0 Å². The Labute approximate surface area is 169 Å². The van der Waals surface area contributed by atoms with Gasteiger partial charge in [-0.05, 0) is 35.4 Å². The van der Waals surface area contributed by atoms with Crippen LogP contribution >= 0.6 is 0 Å². The number of aliphatic hydroxyl groups excluding tert-OH is 2. The van der Waals surface area contributed by atoms with Gasteiger partial charge in [-0.2, -0.15) is 0 Å². The summed E-state index contributed by atoms with van der Waals surface area (Å²) in [6.45, 7) is 0. The molecule has 152 valence electrons. The van der Waals surface area contributed by atoms with Gasteiger partial charge in [-0.3, -0.25) is 0 Å². The first-order valence-corrected chi connectivity index (χ1v) is 9.07. The summed E-state index contributed by atoms with van der Waals surface area (Å²) in [6.07, 6.45) is -2.04. The molecule has 0 amide bonds. The van der Waals surface area contributed by atoms with Crippen molar-refractivity contribution >= 4 is 5.69 Å². The van der Waals surface area contributed by atoms with Gasteiger partial charge in [-0.25, -0.2) is 0 Å². The number of nitrogens with two attached hydrogens (primary N) is 2. The third-order valence-electron chi connectivity index (χ3n) is 4.30. The van der Waals surface area contributed by atoms with Gasteiger partial charge < -0.3 is 36.1 Å². The highest BCUT2D eigenvalue weighted by molar-refractivity contribution is 5.56. The van der Waals surface area contributed by atoms with Gasteiger partial charge >= 0.3 is 0 Å². The van der Waals surface area contributed by atoms with Crippen molar-refractivity contribution in [3.05, 3.63) is 77.9 Å². The van der Waals surface area contributed by atoms with Crippen LogP contribution in [0.5, 0.6) is 23.0 Å². The van der Waals surface area contributed by atoms with E-state index in [1.54, 1.807) is 54.6 Å². The summed E-state index contributed by atoms with van der Waals surface area (Å²) < 4.78 is 11.9. The molecule has 0 bridgehead atoms. The molecule has 0 spiro atoms. The van der Waals surface area contributed by atoms with E-state index in [2.05, 4.69) is 0 Å². The number of nitrogens with zero attached hydrogens (tertiary/aromatic N) is 1. The molecule has 2 unspecified atom stereocenters. The molecule has 0 aliphatic carbocycles. The normalized spacial score (nSPS) is 12.9. The lowest BCUT2D eigenvalue weighted by Gasteiger charge is -2.17. The molecule has 0 radical (unpaired) electrons. The van der Waals surface area contributed by atoms with E-state index in [4.69, 9.17) is 20.9 Å². The molecule has 3 aromatic carbocycles. The summed E-state index contributed by atoms with van der Waals surface area (Å²) in [4.78, 5) is 1.95. The van der Waals surface area contributed by atoms with Crippen LogP contribution in [0.2, 0.25) is 0 Å². The molecule has 0 aromatic heterocycles. The number of benzene rings is 3. The molecule has 7 nitrogen and oxygen atoms in total. The van der Waals surface area contributed by atoms with E-state index in [1.807, 2.05) is 31.1 Å². The van der Waals surface area contributed by atoms with Crippen LogP contribution in [-0.2, 0) is 0 Å². The Bertz CT molecular complexity index is 868. The van der Waals surface area contributed by atoms with E-state index in [1.165, 1.54) is 0 Å². The quantitative estimate of drug-likeness (QED) is 0.454. The molecule has 6 N–H and O–H groups in total. The van der Waals surface area contributed by atoms with Gasteiger partial charge in [0.05, 0.1) is 0 Å². The van der Waals surface area contributed by atoms with E-state index < -0.39 is 12.5 Å². The van der Waals surface area contributed by atoms with Crippen molar-refractivity contribution in [2.24, 2.45) is 11.5 Å². The van der Waals surface area contributed by atoms with Gasteiger partial charge in [0.1, 0.15) is 35.5 Å². The third-order valence-corrected chi connectivity index (χ3v) is 4.30. The lowest BCUT2D eigenvalue weighted by atomic mass is 10.2. The molecule has 0 saturated heterocycles. The fourth-order valence-electron chi connectivity index (χ4n) is 2.67. The molecule has 0 aliphatic heterocycles. The number of hydrogen-bond acceptors (Lipinski definition) is 7. The smallest absolute Gasteiger partial charge is 0.133 e. The Morgan fingerprint density at radius 1 is 0.655 bits per heavy atom. The second-order valence-corrected chi connectivity index (χ2v) is 6.79. The van der Waals surface area contributed by atoms with Crippen LogP contribution in [0.1, 0.15) is 23.6 Å². The first-order valence-electron chi connectivity index (χ1n) is 9.07. The van der Waals surface area contributed by atoms with Crippen LogP contribution in [0.15, 0.2) is 66.7 Å². The second-order valence-electron chi connectivity index (χ2n) is 6.79. The maximum absolute atomic E-state index is 9.42. The average Bonchev–Trinajstić information content (AvgIpc) is 2.68. The monoisotopic (exact) mass is 395 g/mol. The Balaban J connectivity index is 1.83. The third kappa shape index (κ3) is 5.46. The van der Waals surface area contributed by atoms with Crippen molar-refractivity contribution in [2.45, 2.75) is 12.5 Å². The van der Waals surface area contributed by atoms with Gasteiger partial charge in [-0.1, -0.05) is 24.3 Å². The van der Waals surface area contributed by atoms with Crippen LogP contribution in [-0.4, -0.2) is 24.3 Å². The summed E-state index contributed by atoms with van der Waals surface area (Å²) in [5.74, 6) is 2.41. The van der Waals surface area contributed by atoms with Crippen molar-refractivity contribution < 1.29 is 19.7 Å². The number of anilines is 1. The number of hydrogen-bond donors (Lipinski definition) is 4. The molecule has 0 fully saturated rings. The molecule has 0 heterocycles. The molecule has 29 heavy (non-hydrogen) atoms. The Morgan fingerprint density at radius 2 is 1.03 bits per heavy atom. The standard InChI is InChI=1S/C22H25N3O4/c1-25(2)16-11-19(28-17-7-3-14(4-8-17)21(23)26)13-20(12-16)29-18-9-5-15(6-10-18)22(24)27/h3-13,21-22,26-27H,23-24H2,1-2H3. The zero-order valence-electron chi connectivity index (χ0n) is 16.3. The Kier molecular flexibility index (Phi) is 6.36. The van der Waals surface area contributed by atoms with Crippen LogP contribution in [0.4, 0.5) is 5.69 Å². The first kappa shape index (κ1) is 20.6. The van der Waals surface area contributed by atoms with Crippen molar-refractivity contribution in [1.82, 2.24) is 0 Å². The van der Waals surface area contributed by atoms with E-state index in [9.17, 15) is 10.2 Å². The molecular weight excluding hydrogens is 370 g/mol. The molecular formula is C22H25N3O4. The summed E-state index contributed by atoms with van der Waals surface area (Å²) in [5.41, 5.74) is 13.0. The molecule has 0 saturated carbocycles. The molecule has 2 atom stereocenters. The van der Waals surface area contributed by atoms with Crippen molar-refractivity contribution in [1.29, 1.82) is 0 Å². The van der Waals surface area contributed by atoms with E-state index in [-0.39, 0.29) is 0 Å². The van der Waals surface area contributed by atoms with Gasteiger partial charge in [0, 0.05) is 38.0 Å². The van der Waals surface area contributed by atoms with Gasteiger partial charge in [0.25, 0.3) is 0 Å². The fraction of sp³-hybridized carbons (Fsp3) is 0.182. The second kappa shape index (κ2) is 8.93. The number of rotatable bonds is 7. The van der Waals surface area contributed by atoms with Gasteiger partial charge in [0.15, 0.2) is 0 Å². The Morgan fingerprint density at radius 3 is 1.34 bits per heavy atom. The summed E-state index contributed by atoms with van der Waals surface area (Å²) in [7, 11) is 3.86. The average molecular weight is 395 g/mol. The minimum absolute atomic E-state index is 0.598. The maximum Gasteiger partial charge on any atom is 0.133 e. The predicted molar refractivity (Wildman–Crippen MR) is 112 cm³/mol. The topological polar surface area (TPSA) is 114 Å². The predicted octanol–water partition coefficient (Wildman–Crippen LogP) is 3.24. The van der Waals surface area contributed by atoms with Crippen molar-refractivity contribution in [2.75, 3.05) is 19.0 Å². The molecule has 7 heteroatoms. The summed E-state index contributed by atoms with van der Waals surface area (Å²) >= 11 is 0. The van der Waals surface area contributed by atoms with Crippen molar-refractivity contribution in [3.8, 4) is 23.0 Å². The summed E-state index contributed by atoms with van der Waals surface area (Å²) in [5, 5.41) is 18.8. The highest BCUT2D eigenvalue weighted by Crippen LogP contribution is 2.33. The van der Waals surface area contributed by atoms with E-state index in [0.29, 0.717) is 34.1 Å². The fourth-order valence-corrected chi connectivity index (χ4v) is 2.67. The minimum Gasteiger partial charge on any atom is -0.457 e. The number of ether oxygens (including phenoxy) is 2. The zero-order valence-corrected chi connectivity index (χ0v) is 16.3. The first-order chi connectivity index (χ1) is 13.8. The van der Waals surface area contributed by atoms with Crippen LogP contribution < -0.4 is 25.8 Å². The lowest BCUT2D eigenvalue weighted by Crippen LogP contribution is -2.09. The van der Waals surface area contributed by atoms with Crippen LogP contribution in [0, 0.1) is 0 Å². The largest absolute Gasteiger partial charge is 0.457 e. The maximum atomic E-state index is 9.42. The SMILES string of the molecule is CN(C)c1cc(Oc2ccc(C(N)O)cc2)cc(Oc2ccc(C(N)O)cc2)c1. The zero-order chi connectivity index (χ0) is 21.0. The summed E-state index contributed by atoms with van der Waals surface area (Å²) in [6, 6.07) is 19.4. The van der Waals surface area contributed by atoms with E-state index in [0.717, 1.165) is 5.69 Å². The molecule has 3 aromatic rings. The minimum atomic E-state index is -1.02.